The van der Waals surface area contributed by atoms with E-state index in [9.17, 15) is 0 Å². The Bertz CT molecular complexity index is 171. The van der Waals surface area contributed by atoms with Gasteiger partial charge in [-0.2, -0.15) is 0 Å². The van der Waals surface area contributed by atoms with Crippen LogP contribution in [0.1, 0.15) is 19.3 Å². The second kappa shape index (κ2) is 2.35. The molecule has 0 spiro atoms. The van der Waals surface area contributed by atoms with Gasteiger partial charge in [0.2, 0.25) is 0 Å². The minimum atomic E-state index is -0.113. The van der Waals surface area contributed by atoms with Crippen molar-refractivity contribution in [1.29, 1.82) is 0 Å². The Hall–Kier alpha value is 0.210. The lowest BCUT2D eigenvalue weighted by molar-refractivity contribution is 0.196. The fraction of sp³-hybridized carbons (Fsp3) is 1.00. The Labute approximate surface area is 71.9 Å². The van der Waals surface area contributed by atoms with E-state index < -0.39 is 0 Å². The van der Waals surface area contributed by atoms with Crippen molar-refractivity contribution in [3.63, 3.8) is 0 Å². The van der Waals surface area contributed by atoms with E-state index >= 15 is 0 Å². The van der Waals surface area contributed by atoms with Crippen LogP contribution >= 0.6 is 11.6 Å². The van der Waals surface area contributed by atoms with E-state index in [1.54, 1.807) is 0 Å². The van der Waals surface area contributed by atoms with Crippen molar-refractivity contribution in [3.05, 3.63) is 0 Å². The standard InChI is InChI=1S/C8H14ClNO/c9-8-4-7(8,6-11)2-1-3-10-5-8/h10-11H,1-6H2/t7-,8+/m1/s1. The molecule has 0 unspecified atom stereocenters. The Morgan fingerprint density at radius 2 is 2.36 bits per heavy atom. The Balaban J connectivity index is 2.11. The highest BCUT2D eigenvalue weighted by atomic mass is 35.5. The van der Waals surface area contributed by atoms with Crippen LogP contribution in [-0.4, -0.2) is 29.7 Å². The molecule has 0 aromatic heterocycles. The molecule has 2 aliphatic rings. The van der Waals surface area contributed by atoms with Gasteiger partial charge in [-0.1, -0.05) is 0 Å². The van der Waals surface area contributed by atoms with Crippen molar-refractivity contribution in [2.45, 2.75) is 24.1 Å². The van der Waals surface area contributed by atoms with Crippen LogP contribution in [0, 0.1) is 5.41 Å². The summed E-state index contributed by atoms with van der Waals surface area (Å²) in [4.78, 5) is -0.113. The highest BCUT2D eigenvalue weighted by molar-refractivity contribution is 6.27. The van der Waals surface area contributed by atoms with Crippen LogP contribution < -0.4 is 5.32 Å². The molecule has 1 aliphatic heterocycles. The lowest BCUT2D eigenvalue weighted by Gasteiger charge is -2.14. The second-order valence-electron chi connectivity index (χ2n) is 3.86. The quantitative estimate of drug-likeness (QED) is 0.576. The minimum absolute atomic E-state index is 0.0675. The Kier molecular flexibility index (Phi) is 1.67. The first-order valence-corrected chi connectivity index (χ1v) is 4.61. The van der Waals surface area contributed by atoms with Gasteiger partial charge in [0, 0.05) is 12.0 Å². The number of alkyl halides is 1. The van der Waals surface area contributed by atoms with Crippen molar-refractivity contribution in [2.24, 2.45) is 5.41 Å². The fourth-order valence-corrected chi connectivity index (χ4v) is 2.67. The molecule has 2 fully saturated rings. The zero-order valence-electron chi connectivity index (χ0n) is 6.57. The van der Waals surface area contributed by atoms with E-state index in [1.165, 1.54) is 0 Å². The van der Waals surface area contributed by atoms with Crippen LogP contribution in [0.3, 0.4) is 0 Å². The molecule has 2 atom stereocenters. The maximum atomic E-state index is 9.17. The molecule has 1 saturated carbocycles. The third kappa shape index (κ3) is 1.00. The lowest BCUT2D eigenvalue weighted by Crippen LogP contribution is -2.27. The molecule has 3 heteroatoms. The molecule has 0 aromatic carbocycles. The van der Waals surface area contributed by atoms with Gasteiger partial charge in [-0.15, -0.1) is 11.6 Å². The van der Waals surface area contributed by atoms with Gasteiger partial charge in [0.15, 0.2) is 0 Å². The molecule has 1 heterocycles. The molecule has 0 bridgehead atoms. The first-order chi connectivity index (χ1) is 5.22. The summed E-state index contributed by atoms with van der Waals surface area (Å²) in [5, 5.41) is 12.5. The predicted octanol–water partition coefficient (Wildman–Crippen LogP) is 0.730. The maximum Gasteiger partial charge on any atom is 0.0656 e. The van der Waals surface area contributed by atoms with E-state index in [4.69, 9.17) is 16.7 Å². The zero-order chi connectivity index (χ0) is 7.95. The summed E-state index contributed by atoms with van der Waals surface area (Å²) in [6.07, 6.45) is 3.22. The van der Waals surface area contributed by atoms with Crippen LogP contribution in [0.4, 0.5) is 0 Å². The molecular weight excluding hydrogens is 162 g/mol. The van der Waals surface area contributed by atoms with Crippen molar-refractivity contribution in [3.8, 4) is 0 Å². The number of nitrogens with one attached hydrogen (secondary N) is 1. The molecule has 2 nitrogen and oxygen atoms in total. The van der Waals surface area contributed by atoms with Crippen LogP contribution in [0.25, 0.3) is 0 Å². The molecule has 2 N–H and O–H groups in total. The van der Waals surface area contributed by atoms with Gasteiger partial charge in [-0.05, 0) is 25.8 Å². The first-order valence-electron chi connectivity index (χ1n) is 4.23. The molecule has 0 aromatic rings. The van der Waals surface area contributed by atoms with E-state index in [2.05, 4.69) is 5.32 Å². The van der Waals surface area contributed by atoms with Crippen molar-refractivity contribution in [2.75, 3.05) is 19.7 Å². The average molecular weight is 176 g/mol. The molecule has 0 amide bonds. The normalized spacial score (nSPS) is 49.6. The molecule has 64 valence electrons. The van der Waals surface area contributed by atoms with Gasteiger partial charge in [0.1, 0.15) is 0 Å². The largest absolute Gasteiger partial charge is 0.396 e. The van der Waals surface area contributed by atoms with Crippen molar-refractivity contribution < 1.29 is 5.11 Å². The van der Waals surface area contributed by atoms with Crippen LogP contribution in [0.5, 0.6) is 0 Å². The zero-order valence-corrected chi connectivity index (χ0v) is 7.32. The predicted molar refractivity (Wildman–Crippen MR) is 44.8 cm³/mol. The van der Waals surface area contributed by atoms with Gasteiger partial charge >= 0.3 is 0 Å². The van der Waals surface area contributed by atoms with Gasteiger partial charge in [-0.25, -0.2) is 0 Å². The first kappa shape index (κ1) is 7.84. The van der Waals surface area contributed by atoms with Gasteiger partial charge in [-0.3, -0.25) is 0 Å². The Morgan fingerprint density at radius 3 is 3.09 bits per heavy atom. The number of fused-ring (bicyclic) bond motifs is 1. The third-order valence-corrected chi connectivity index (χ3v) is 3.83. The summed E-state index contributed by atoms with van der Waals surface area (Å²) in [6.45, 7) is 2.18. The number of aliphatic hydroxyl groups excluding tert-OH is 1. The highest BCUT2D eigenvalue weighted by Crippen LogP contribution is 2.63. The summed E-state index contributed by atoms with van der Waals surface area (Å²) < 4.78 is 0. The maximum absolute atomic E-state index is 9.17. The number of hydrogen-bond acceptors (Lipinski definition) is 2. The van der Waals surface area contributed by atoms with Crippen molar-refractivity contribution >= 4 is 11.6 Å². The van der Waals surface area contributed by atoms with Crippen LogP contribution in [0.15, 0.2) is 0 Å². The summed E-state index contributed by atoms with van der Waals surface area (Å²) in [5.41, 5.74) is 0.0675. The lowest BCUT2D eigenvalue weighted by atomic mass is 9.99. The molecule has 0 radical (unpaired) electrons. The summed E-state index contributed by atoms with van der Waals surface area (Å²) in [6, 6.07) is 0. The van der Waals surface area contributed by atoms with Gasteiger partial charge in [0.05, 0.1) is 11.5 Å². The SMILES string of the molecule is OC[C@]12CCCNC[C@@]1(Cl)C2. The van der Waals surface area contributed by atoms with Gasteiger partial charge in [0.25, 0.3) is 0 Å². The molecular formula is C8H14ClNO. The molecule has 1 saturated heterocycles. The van der Waals surface area contributed by atoms with Crippen molar-refractivity contribution in [1.82, 2.24) is 5.32 Å². The van der Waals surface area contributed by atoms with E-state index in [0.29, 0.717) is 0 Å². The summed E-state index contributed by atoms with van der Waals surface area (Å²) in [5.74, 6) is 0. The molecule has 2 rings (SSSR count). The van der Waals surface area contributed by atoms with E-state index in [-0.39, 0.29) is 16.9 Å². The molecule has 1 aliphatic carbocycles. The number of halogens is 1. The monoisotopic (exact) mass is 175 g/mol. The number of aliphatic hydroxyl groups is 1. The number of hydrogen-bond donors (Lipinski definition) is 2. The minimum Gasteiger partial charge on any atom is -0.396 e. The summed E-state index contributed by atoms with van der Waals surface area (Å²) in [7, 11) is 0. The Morgan fingerprint density at radius 1 is 1.55 bits per heavy atom. The van der Waals surface area contributed by atoms with Crippen LogP contribution in [-0.2, 0) is 0 Å². The highest BCUT2D eigenvalue weighted by Gasteiger charge is 2.65. The average Bonchev–Trinajstić information content (AvgIpc) is 2.57. The topological polar surface area (TPSA) is 32.3 Å². The van der Waals surface area contributed by atoms with Gasteiger partial charge < -0.3 is 10.4 Å². The third-order valence-electron chi connectivity index (χ3n) is 3.16. The van der Waals surface area contributed by atoms with Crippen LogP contribution in [0.2, 0.25) is 0 Å². The van der Waals surface area contributed by atoms with E-state index in [0.717, 1.165) is 32.4 Å². The second-order valence-corrected chi connectivity index (χ2v) is 4.58. The smallest absolute Gasteiger partial charge is 0.0656 e. The fourth-order valence-electron chi connectivity index (χ4n) is 2.17. The van der Waals surface area contributed by atoms with E-state index in [1.807, 2.05) is 0 Å². The molecule has 11 heavy (non-hydrogen) atoms. The number of rotatable bonds is 1. The summed E-state index contributed by atoms with van der Waals surface area (Å²) >= 11 is 6.28.